The lowest BCUT2D eigenvalue weighted by atomic mass is 10.5. The molecule has 86 valence electrons. The molecule has 0 amide bonds. The Morgan fingerprint density at radius 2 is 2.31 bits per heavy atom. The first-order valence-electron chi connectivity index (χ1n) is 5.03. The van der Waals surface area contributed by atoms with Crippen molar-refractivity contribution >= 4 is 5.82 Å². The Labute approximate surface area is 95.0 Å². The van der Waals surface area contributed by atoms with Gasteiger partial charge in [-0.15, -0.1) is 12.3 Å². The first-order chi connectivity index (χ1) is 7.76. The van der Waals surface area contributed by atoms with Gasteiger partial charge in [-0.25, -0.2) is 4.98 Å². The second-order valence-corrected chi connectivity index (χ2v) is 2.99. The third kappa shape index (κ3) is 4.15. The topological polar surface area (TPSA) is 70.3 Å². The maximum Gasteiger partial charge on any atom is 0.218 e. The number of nitrogens with zero attached hydrogens (tertiary/aromatic N) is 2. The van der Waals surface area contributed by atoms with Crippen LogP contribution in [-0.2, 0) is 11.3 Å². The molecule has 0 spiro atoms. The van der Waals surface area contributed by atoms with Crippen LogP contribution in [0.5, 0.6) is 5.88 Å². The molecule has 0 saturated heterocycles. The molecule has 0 atom stereocenters. The fourth-order valence-corrected chi connectivity index (χ4v) is 1.04. The van der Waals surface area contributed by atoms with Crippen LogP contribution >= 0.6 is 0 Å². The lowest BCUT2D eigenvalue weighted by molar-refractivity contribution is 0.127. The maximum atomic E-state index is 5.61. The molecule has 1 aromatic heterocycles. The van der Waals surface area contributed by atoms with Crippen molar-refractivity contribution in [2.24, 2.45) is 0 Å². The van der Waals surface area contributed by atoms with E-state index in [0.29, 0.717) is 43.8 Å². The third-order valence-corrected chi connectivity index (χ3v) is 1.70. The van der Waals surface area contributed by atoms with Gasteiger partial charge >= 0.3 is 0 Å². The lowest BCUT2D eigenvalue weighted by Gasteiger charge is -2.06. The molecule has 2 N–H and O–H groups in total. The molecule has 0 aliphatic rings. The summed E-state index contributed by atoms with van der Waals surface area (Å²) >= 11 is 0. The van der Waals surface area contributed by atoms with Crippen molar-refractivity contribution < 1.29 is 9.47 Å². The molecule has 5 heteroatoms. The number of hydrogen-bond donors (Lipinski definition) is 1. The highest BCUT2D eigenvalue weighted by Gasteiger charge is 2.03. The van der Waals surface area contributed by atoms with Gasteiger partial charge in [-0.3, -0.25) is 0 Å². The van der Waals surface area contributed by atoms with E-state index in [0.717, 1.165) is 0 Å². The van der Waals surface area contributed by atoms with Gasteiger partial charge in [0.25, 0.3) is 0 Å². The normalized spacial score (nSPS) is 9.75. The van der Waals surface area contributed by atoms with Gasteiger partial charge in [-0.1, -0.05) is 0 Å². The number of hydrogen-bond acceptors (Lipinski definition) is 5. The number of nitrogens with two attached hydrogens (primary N) is 1. The van der Waals surface area contributed by atoms with Crippen LogP contribution in [0.4, 0.5) is 5.82 Å². The second kappa shape index (κ2) is 6.64. The zero-order chi connectivity index (χ0) is 11.8. The predicted molar refractivity (Wildman–Crippen MR) is 60.7 cm³/mol. The van der Waals surface area contributed by atoms with Crippen molar-refractivity contribution in [2.75, 3.05) is 18.9 Å². The average Bonchev–Trinajstić information content (AvgIpc) is 2.26. The molecule has 1 aromatic rings. The van der Waals surface area contributed by atoms with Crippen LogP contribution in [0, 0.1) is 12.3 Å². The molecule has 0 bridgehead atoms. The summed E-state index contributed by atoms with van der Waals surface area (Å²) in [5, 5.41) is 0. The number of rotatable bonds is 6. The molecule has 0 aliphatic carbocycles. The van der Waals surface area contributed by atoms with Crippen molar-refractivity contribution in [3.05, 3.63) is 11.9 Å². The zero-order valence-electron chi connectivity index (χ0n) is 9.27. The molecular weight excluding hydrogens is 206 g/mol. The fourth-order valence-electron chi connectivity index (χ4n) is 1.04. The van der Waals surface area contributed by atoms with Crippen LogP contribution in [0.3, 0.4) is 0 Å². The van der Waals surface area contributed by atoms with Crippen molar-refractivity contribution in [1.82, 2.24) is 9.97 Å². The zero-order valence-corrected chi connectivity index (χ0v) is 9.27. The lowest BCUT2D eigenvalue weighted by Crippen LogP contribution is -2.06. The van der Waals surface area contributed by atoms with Crippen LogP contribution in [0.2, 0.25) is 0 Å². The van der Waals surface area contributed by atoms with E-state index >= 15 is 0 Å². The van der Waals surface area contributed by atoms with Crippen LogP contribution in [0.25, 0.3) is 0 Å². The molecular formula is C11H15N3O2. The van der Waals surface area contributed by atoms with Gasteiger partial charge in [-0.2, -0.15) is 4.98 Å². The molecule has 0 radical (unpaired) electrons. The van der Waals surface area contributed by atoms with E-state index in [-0.39, 0.29) is 0 Å². The first-order valence-corrected chi connectivity index (χ1v) is 5.03. The summed E-state index contributed by atoms with van der Waals surface area (Å²) in [7, 11) is 0. The summed E-state index contributed by atoms with van der Waals surface area (Å²) < 4.78 is 10.5. The number of aromatic nitrogens is 2. The monoisotopic (exact) mass is 221 g/mol. The van der Waals surface area contributed by atoms with Gasteiger partial charge < -0.3 is 15.2 Å². The highest BCUT2D eigenvalue weighted by molar-refractivity contribution is 5.32. The SMILES string of the molecule is C#CCCOc1cc(N)nc(COCC)n1. The van der Waals surface area contributed by atoms with Gasteiger partial charge in [0.1, 0.15) is 19.0 Å². The maximum absolute atomic E-state index is 5.61. The molecule has 1 heterocycles. The Bertz CT molecular complexity index is 374. The van der Waals surface area contributed by atoms with Crippen LogP contribution in [0.15, 0.2) is 6.07 Å². The number of anilines is 1. The number of nitrogen functional groups attached to an aromatic ring is 1. The molecule has 0 aromatic carbocycles. The number of terminal acetylenes is 1. The van der Waals surface area contributed by atoms with Crippen molar-refractivity contribution in [1.29, 1.82) is 0 Å². The Hall–Kier alpha value is -1.80. The standard InChI is InChI=1S/C11H15N3O2/c1-3-5-6-16-11-7-9(12)13-10(14-11)8-15-4-2/h1,7H,4-6,8H2,2H3,(H2,12,13,14). The Morgan fingerprint density at radius 1 is 1.50 bits per heavy atom. The van der Waals surface area contributed by atoms with Gasteiger partial charge in [0.15, 0.2) is 5.82 Å². The van der Waals surface area contributed by atoms with E-state index in [2.05, 4.69) is 15.9 Å². The van der Waals surface area contributed by atoms with E-state index in [1.165, 1.54) is 0 Å². The molecule has 0 aliphatic heterocycles. The minimum atomic E-state index is 0.326. The summed E-state index contributed by atoms with van der Waals surface area (Å²) in [4.78, 5) is 8.16. The molecule has 1 rings (SSSR count). The predicted octanol–water partition coefficient (Wildman–Crippen LogP) is 0.997. The Balaban J connectivity index is 2.62. The molecule has 0 unspecified atom stereocenters. The quantitative estimate of drug-likeness (QED) is 0.573. The van der Waals surface area contributed by atoms with E-state index < -0.39 is 0 Å². The smallest absolute Gasteiger partial charge is 0.218 e. The Kier molecular flexibility index (Phi) is 5.09. The minimum absolute atomic E-state index is 0.326. The summed E-state index contributed by atoms with van der Waals surface area (Å²) in [5.41, 5.74) is 5.61. The van der Waals surface area contributed by atoms with Crippen LogP contribution in [-0.4, -0.2) is 23.2 Å². The fraction of sp³-hybridized carbons (Fsp3) is 0.455. The van der Waals surface area contributed by atoms with Gasteiger partial charge in [-0.05, 0) is 6.92 Å². The molecule has 5 nitrogen and oxygen atoms in total. The summed E-state index contributed by atoms with van der Waals surface area (Å²) in [6.07, 6.45) is 5.64. The van der Waals surface area contributed by atoms with Crippen molar-refractivity contribution in [3.63, 3.8) is 0 Å². The van der Waals surface area contributed by atoms with E-state index in [1.807, 2.05) is 6.92 Å². The first kappa shape index (κ1) is 12.3. The van der Waals surface area contributed by atoms with E-state index in [1.54, 1.807) is 6.07 Å². The van der Waals surface area contributed by atoms with Gasteiger partial charge in [0.2, 0.25) is 5.88 Å². The average molecular weight is 221 g/mol. The number of ether oxygens (including phenoxy) is 2. The molecule has 16 heavy (non-hydrogen) atoms. The van der Waals surface area contributed by atoms with E-state index in [4.69, 9.17) is 21.6 Å². The van der Waals surface area contributed by atoms with E-state index in [9.17, 15) is 0 Å². The highest BCUT2D eigenvalue weighted by atomic mass is 16.5. The summed E-state index contributed by atoms with van der Waals surface area (Å²) in [5.74, 6) is 3.78. The van der Waals surface area contributed by atoms with Crippen LogP contribution < -0.4 is 10.5 Å². The van der Waals surface area contributed by atoms with Gasteiger partial charge in [0.05, 0.1) is 0 Å². The third-order valence-electron chi connectivity index (χ3n) is 1.70. The van der Waals surface area contributed by atoms with Crippen molar-refractivity contribution in [2.45, 2.75) is 20.0 Å². The molecule has 0 saturated carbocycles. The van der Waals surface area contributed by atoms with Crippen molar-refractivity contribution in [3.8, 4) is 18.2 Å². The van der Waals surface area contributed by atoms with Gasteiger partial charge in [0, 0.05) is 19.1 Å². The minimum Gasteiger partial charge on any atom is -0.477 e. The Morgan fingerprint density at radius 3 is 3.00 bits per heavy atom. The second-order valence-electron chi connectivity index (χ2n) is 2.99. The van der Waals surface area contributed by atoms with Crippen LogP contribution in [0.1, 0.15) is 19.2 Å². The molecule has 0 fully saturated rings. The highest BCUT2D eigenvalue weighted by Crippen LogP contribution is 2.11. The largest absolute Gasteiger partial charge is 0.477 e. The summed E-state index contributed by atoms with van der Waals surface area (Å²) in [6, 6.07) is 1.56. The summed E-state index contributed by atoms with van der Waals surface area (Å²) in [6.45, 7) is 3.25.